The van der Waals surface area contributed by atoms with Crippen molar-refractivity contribution >= 4 is 21.8 Å². The molecule has 9 nitrogen and oxygen atoms in total. The molecular formula is C15H24N4O5S. The first-order valence-corrected chi connectivity index (χ1v) is 9.49. The van der Waals surface area contributed by atoms with Crippen molar-refractivity contribution in [1.29, 1.82) is 0 Å². The molecule has 140 valence electrons. The van der Waals surface area contributed by atoms with Crippen molar-refractivity contribution in [2.75, 3.05) is 33.7 Å². The van der Waals surface area contributed by atoms with Crippen LogP contribution in [-0.2, 0) is 19.6 Å². The van der Waals surface area contributed by atoms with Crippen LogP contribution in [0.2, 0.25) is 0 Å². The van der Waals surface area contributed by atoms with Gasteiger partial charge in [0, 0.05) is 27.2 Å². The first-order valence-electron chi connectivity index (χ1n) is 8.05. The number of sulfonamides is 1. The van der Waals surface area contributed by atoms with Gasteiger partial charge in [0.25, 0.3) is 0 Å². The lowest BCUT2D eigenvalue weighted by Gasteiger charge is -2.31. The summed E-state index contributed by atoms with van der Waals surface area (Å²) in [6, 6.07) is 0. The van der Waals surface area contributed by atoms with Crippen molar-refractivity contribution in [3.8, 4) is 0 Å². The normalized spacial score (nSPS) is 18.8. The van der Waals surface area contributed by atoms with E-state index < -0.39 is 15.9 Å². The zero-order chi connectivity index (χ0) is 18.8. The summed E-state index contributed by atoms with van der Waals surface area (Å²) in [5, 5.41) is 6.28. The Morgan fingerprint density at radius 2 is 2.04 bits per heavy atom. The van der Waals surface area contributed by atoms with Gasteiger partial charge in [-0.2, -0.15) is 4.31 Å². The molecule has 1 N–H and O–H groups in total. The molecule has 0 aromatic carbocycles. The molecular weight excluding hydrogens is 348 g/mol. The lowest BCUT2D eigenvalue weighted by molar-refractivity contribution is -0.132. The Hall–Kier alpha value is -1.94. The summed E-state index contributed by atoms with van der Waals surface area (Å²) in [4.78, 5) is 25.3. The monoisotopic (exact) mass is 372 g/mol. The van der Waals surface area contributed by atoms with E-state index in [4.69, 9.17) is 4.52 Å². The number of hydrogen-bond acceptors (Lipinski definition) is 6. The molecule has 1 saturated heterocycles. The van der Waals surface area contributed by atoms with Gasteiger partial charge in [-0.3, -0.25) is 9.59 Å². The number of aromatic nitrogens is 1. The Morgan fingerprint density at radius 1 is 1.36 bits per heavy atom. The fraction of sp³-hybridized carbons (Fsp3) is 0.667. The van der Waals surface area contributed by atoms with Gasteiger partial charge in [-0.25, -0.2) is 8.42 Å². The van der Waals surface area contributed by atoms with Crippen LogP contribution < -0.4 is 5.32 Å². The molecule has 2 amide bonds. The van der Waals surface area contributed by atoms with Crippen LogP contribution in [0.1, 0.15) is 24.3 Å². The van der Waals surface area contributed by atoms with Crippen molar-refractivity contribution in [2.45, 2.75) is 31.6 Å². The van der Waals surface area contributed by atoms with Gasteiger partial charge < -0.3 is 14.7 Å². The maximum atomic E-state index is 12.8. The highest BCUT2D eigenvalue weighted by atomic mass is 32.2. The number of likely N-dealkylation sites (N-methyl/N-ethyl adjacent to an activating group) is 1. The second-order valence-electron chi connectivity index (χ2n) is 6.36. The van der Waals surface area contributed by atoms with E-state index in [1.807, 2.05) is 0 Å². The zero-order valence-corrected chi connectivity index (χ0v) is 15.7. The summed E-state index contributed by atoms with van der Waals surface area (Å²) in [7, 11) is -0.561. The number of piperidine rings is 1. The maximum Gasteiger partial charge on any atom is 0.248 e. The molecule has 1 unspecified atom stereocenters. The number of nitrogens with zero attached hydrogens (tertiary/aromatic N) is 3. The van der Waals surface area contributed by atoms with Gasteiger partial charge in [-0.15, -0.1) is 0 Å². The molecule has 1 atom stereocenters. The SMILES string of the molecule is Cc1noc(C)c1S(=O)(=O)N1CCCC(C(=O)NCC(=O)N(C)C)C1. The average Bonchev–Trinajstić information content (AvgIpc) is 2.91. The van der Waals surface area contributed by atoms with Crippen LogP contribution in [-0.4, -0.2) is 68.3 Å². The maximum absolute atomic E-state index is 12.8. The minimum atomic E-state index is -3.77. The molecule has 1 fully saturated rings. The number of aryl methyl sites for hydroxylation is 2. The van der Waals surface area contributed by atoms with Gasteiger partial charge >= 0.3 is 0 Å². The predicted octanol–water partition coefficient (Wildman–Crippen LogP) is -0.103. The van der Waals surface area contributed by atoms with E-state index in [0.29, 0.717) is 25.1 Å². The molecule has 0 radical (unpaired) electrons. The first kappa shape index (κ1) is 19.4. The van der Waals surface area contributed by atoms with Crippen molar-refractivity contribution in [3.63, 3.8) is 0 Å². The molecule has 1 aromatic rings. The van der Waals surface area contributed by atoms with Gasteiger partial charge in [-0.1, -0.05) is 5.16 Å². The van der Waals surface area contributed by atoms with E-state index in [1.165, 1.54) is 9.21 Å². The summed E-state index contributed by atoms with van der Waals surface area (Å²) in [6.45, 7) is 3.44. The van der Waals surface area contributed by atoms with Crippen LogP contribution in [0.25, 0.3) is 0 Å². The topological polar surface area (TPSA) is 113 Å². The lowest BCUT2D eigenvalue weighted by Crippen LogP contribution is -2.47. The van der Waals surface area contributed by atoms with E-state index in [2.05, 4.69) is 10.5 Å². The molecule has 0 bridgehead atoms. The number of hydrogen-bond donors (Lipinski definition) is 1. The summed E-state index contributed by atoms with van der Waals surface area (Å²) in [5.41, 5.74) is 0.306. The van der Waals surface area contributed by atoms with Gasteiger partial charge in [0.2, 0.25) is 21.8 Å². The molecule has 0 saturated carbocycles. The van der Waals surface area contributed by atoms with Crippen LogP contribution in [0, 0.1) is 19.8 Å². The molecule has 0 spiro atoms. The van der Waals surface area contributed by atoms with E-state index in [9.17, 15) is 18.0 Å². The Balaban J connectivity index is 2.08. The Labute approximate surface area is 147 Å². The minimum Gasteiger partial charge on any atom is -0.360 e. The predicted molar refractivity (Wildman–Crippen MR) is 89.2 cm³/mol. The number of nitrogens with one attached hydrogen (secondary N) is 1. The van der Waals surface area contributed by atoms with E-state index >= 15 is 0 Å². The number of rotatable bonds is 5. The van der Waals surface area contributed by atoms with Gasteiger partial charge in [0.05, 0.1) is 12.5 Å². The molecule has 10 heteroatoms. The number of carbonyl (C=O) groups is 2. The summed E-state index contributed by atoms with van der Waals surface area (Å²) >= 11 is 0. The van der Waals surface area contributed by atoms with Crippen molar-refractivity contribution < 1.29 is 22.5 Å². The fourth-order valence-electron chi connectivity index (χ4n) is 2.81. The molecule has 1 aliphatic rings. The zero-order valence-electron chi connectivity index (χ0n) is 14.9. The lowest BCUT2D eigenvalue weighted by atomic mass is 9.99. The Bertz CT molecular complexity index is 736. The summed E-state index contributed by atoms with van der Waals surface area (Å²) in [6.07, 6.45) is 1.15. The molecule has 2 rings (SSSR count). The Kier molecular flexibility index (Phi) is 5.83. The van der Waals surface area contributed by atoms with Crippen molar-refractivity contribution in [3.05, 3.63) is 11.5 Å². The quantitative estimate of drug-likeness (QED) is 0.772. The summed E-state index contributed by atoms with van der Waals surface area (Å²) < 4.78 is 31.9. The Morgan fingerprint density at radius 3 is 2.60 bits per heavy atom. The average molecular weight is 372 g/mol. The van der Waals surface area contributed by atoms with Crippen LogP contribution >= 0.6 is 0 Å². The van der Waals surface area contributed by atoms with Crippen LogP contribution in [0.15, 0.2) is 9.42 Å². The second-order valence-corrected chi connectivity index (χ2v) is 8.24. The van der Waals surface area contributed by atoms with Gasteiger partial charge in [-0.05, 0) is 26.7 Å². The smallest absolute Gasteiger partial charge is 0.248 e. The third-order valence-electron chi connectivity index (χ3n) is 4.23. The van der Waals surface area contributed by atoms with E-state index in [0.717, 1.165) is 0 Å². The third-order valence-corrected chi connectivity index (χ3v) is 6.34. The molecule has 1 aromatic heterocycles. The fourth-order valence-corrected chi connectivity index (χ4v) is 4.63. The molecule has 2 heterocycles. The summed E-state index contributed by atoms with van der Waals surface area (Å²) in [5.74, 6) is -0.780. The number of amides is 2. The highest BCUT2D eigenvalue weighted by Crippen LogP contribution is 2.27. The molecule has 25 heavy (non-hydrogen) atoms. The standard InChI is InChI=1S/C15H24N4O5S/c1-10-14(11(2)24-17-10)25(22,23)19-7-5-6-12(9-19)15(21)16-8-13(20)18(3)4/h12H,5-9H2,1-4H3,(H,16,21). The van der Waals surface area contributed by atoms with E-state index in [1.54, 1.807) is 27.9 Å². The minimum absolute atomic E-state index is 0.0661. The number of carbonyl (C=O) groups excluding carboxylic acids is 2. The largest absolute Gasteiger partial charge is 0.360 e. The van der Waals surface area contributed by atoms with Crippen molar-refractivity contribution in [2.24, 2.45) is 5.92 Å². The highest BCUT2D eigenvalue weighted by molar-refractivity contribution is 7.89. The van der Waals surface area contributed by atoms with Gasteiger partial charge in [0.1, 0.15) is 10.6 Å². The molecule has 1 aliphatic heterocycles. The van der Waals surface area contributed by atoms with Crippen LogP contribution in [0.4, 0.5) is 0 Å². The van der Waals surface area contributed by atoms with Crippen LogP contribution in [0.3, 0.4) is 0 Å². The second kappa shape index (κ2) is 7.52. The van der Waals surface area contributed by atoms with Gasteiger partial charge in [0.15, 0.2) is 5.76 Å². The van der Waals surface area contributed by atoms with E-state index in [-0.39, 0.29) is 35.6 Å². The first-order chi connectivity index (χ1) is 11.6. The van der Waals surface area contributed by atoms with Crippen LogP contribution in [0.5, 0.6) is 0 Å². The molecule has 0 aliphatic carbocycles. The van der Waals surface area contributed by atoms with Crippen molar-refractivity contribution in [1.82, 2.24) is 19.7 Å². The highest BCUT2D eigenvalue weighted by Gasteiger charge is 2.36. The third kappa shape index (κ3) is 4.18.